The van der Waals surface area contributed by atoms with Crippen molar-refractivity contribution in [3.8, 4) is 34.1 Å². The van der Waals surface area contributed by atoms with Crippen molar-refractivity contribution in [2.24, 2.45) is 0 Å². The van der Waals surface area contributed by atoms with Crippen LogP contribution in [-0.2, 0) is 4.79 Å². The number of fused-ring (bicyclic) bond motifs is 4. The van der Waals surface area contributed by atoms with Crippen molar-refractivity contribution >= 4 is 17.6 Å². The third-order valence-electron chi connectivity index (χ3n) is 2.90. The normalized spacial score (nSPS) is 10.5. The van der Waals surface area contributed by atoms with E-state index in [9.17, 15) is 4.79 Å². The molecule has 3 rings (SSSR count). The van der Waals surface area contributed by atoms with Crippen molar-refractivity contribution < 1.29 is 9.90 Å². The number of halogens is 1. The summed E-state index contributed by atoms with van der Waals surface area (Å²) in [5, 5.41) is 9.21. The van der Waals surface area contributed by atoms with Crippen LogP contribution in [0.1, 0.15) is 5.56 Å². The van der Waals surface area contributed by atoms with E-state index in [4.69, 9.17) is 16.7 Å². The molecule has 0 saturated heterocycles. The lowest BCUT2D eigenvalue weighted by molar-refractivity contribution is -0.130. The van der Waals surface area contributed by atoms with Crippen molar-refractivity contribution in [3.63, 3.8) is 0 Å². The lowest BCUT2D eigenvalue weighted by Crippen LogP contribution is -1.99. The van der Waals surface area contributed by atoms with Gasteiger partial charge in [-0.15, -0.1) is 0 Å². The molecule has 1 N–H and O–H groups in total. The molecule has 0 radical (unpaired) electrons. The van der Waals surface area contributed by atoms with Gasteiger partial charge in [0.25, 0.3) is 0 Å². The standard InChI is InChI=1S/C15H7ClO2/c16-10-3-5-12-11-4-1-9(2-6-15(17)18)7-13(11)14(12)8-10/h1,3-5,7-8H,(H,17,18). The van der Waals surface area contributed by atoms with E-state index in [1.54, 1.807) is 0 Å². The summed E-state index contributed by atoms with van der Waals surface area (Å²) in [5.41, 5.74) is 5.19. The highest BCUT2D eigenvalue weighted by Gasteiger charge is 2.22. The summed E-state index contributed by atoms with van der Waals surface area (Å²) in [7, 11) is 0. The van der Waals surface area contributed by atoms with Crippen molar-refractivity contribution in [1.82, 2.24) is 0 Å². The maximum absolute atomic E-state index is 10.4. The molecule has 0 unspecified atom stereocenters. The molecule has 0 saturated carbocycles. The lowest BCUT2D eigenvalue weighted by atomic mass is 9.80. The molecule has 0 fully saturated rings. The van der Waals surface area contributed by atoms with Gasteiger partial charge in [-0.25, -0.2) is 4.79 Å². The van der Waals surface area contributed by atoms with Gasteiger partial charge in [-0.1, -0.05) is 29.7 Å². The van der Waals surface area contributed by atoms with Gasteiger partial charge < -0.3 is 5.11 Å². The fourth-order valence-electron chi connectivity index (χ4n) is 2.12. The Kier molecular flexibility index (Phi) is 2.36. The van der Waals surface area contributed by atoms with E-state index < -0.39 is 5.97 Å². The quantitative estimate of drug-likeness (QED) is 0.624. The molecule has 0 aromatic heterocycles. The predicted molar refractivity (Wildman–Crippen MR) is 70.4 cm³/mol. The molecular weight excluding hydrogens is 248 g/mol. The highest BCUT2D eigenvalue weighted by Crippen LogP contribution is 2.48. The molecule has 86 valence electrons. The number of carboxylic acid groups (broad SMARTS) is 1. The Balaban J connectivity index is 2.05. The predicted octanol–water partition coefficient (Wildman–Crippen LogP) is 3.42. The maximum Gasteiger partial charge on any atom is 0.382 e. The van der Waals surface area contributed by atoms with E-state index in [2.05, 4.69) is 11.8 Å². The molecule has 18 heavy (non-hydrogen) atoms. The molecule has 0 spiro atoms. The molecule has 0 atom stereocenters. The number of rotatable bonds is 0. The number of carboxylic acids is 1. The molecular formula is C15H7ClO2. The minimum Gasteiger partial charge on any atom is -0.472 e. The molecule has 3 heteroatoms. The Bertz CT molecular complexity index is 736. The van der Waals surface area contributed by atoms with Gasteiger partial charge >= 0.3 is 5.97 Å². The smallest absolute Gasteiger partial charge is 0.382 e. The van der Waals surface area contributed by atoms with Gasteiger partial charge in [0.1, 0.15) is 0 Å². The molecule has 1 aliphatic carbocycles. The Labute approximate surface area is 109 Å². The molecule has 2 aromatic carbocycles. The first kappa shape index (κ1) is 10.9. The first-order valence-corrected chi connectivity index (χ1v) is 5.72. The maximum atomic E-state index is 10.4. The number of aliphatic carboxylic acids is 1. The fourth-order valence-corrected chi connectivity index (χ4v) is 2.29. The van der Waals surface area contributed by atoms with Crippen molar-refractivity contribution in [1.29, 1.82) is 0 Å². The van der Waals surface area contributed by atoms with E-state index in [-0.39, 0.29) is 0 Å². The minimum atomic E-state index is -1.12. The summed E-state index contributed by atoms with van der Waals surface area (Å²) < 4.78 is 0. The topological polar surface area (TPSA) is 37.3 Å². The van der Waals surface area contributed by atoms with Gasteiger partial charge in [0.2, 0.25) is 0 Å². The molecule has 0 heterocycles. The minimum absolute atomic E-state index is 0.696. The fraction of sp³-hybridized carbons (Fsp3) is 0. The van der Waals surface area contributed by atoms with E-state index in [1.807, 2.05) is 36.4 Å². The number of carbonyl (C=O) groups is 1. The van der Waals surface area contributed by atoms with Crippen molar-refractivity contribution in [2.75, 3.05) is 0 Å². The zero-order chi connectivity index (χ0) is 12.7. The summed E-state index contributed by atoms with van der Waals surface area (Å²) in [4.78, 5) is 10.4. The van der Waals surface area contributed by atoms with Gasteiger partial charge in [0.05, 0.1) is 0 Å². The Morgan fingerprint density at radius 1 is 1.00 bits per heavy atom. The van der Waals surface area contributed by atoms with Gasteiger partial charge in [0.15, 0.2) is 0 Å². The first-order chi connectivity index (χ1) is 8.65. The molecule has 0 amide bonds. The molecule has 2 nitrogen and oxygen atoms in total. The van der Waals surface area contributed by atoms with Crippen LogP contribution in [0.5, 0.6) is 0 Å². The molecule has 0 bridgehead atoms. The van der Waals surface area contributed by atoms with E-state index >= 15 is 0 Å². The van der Waals surface area contributed by atoms with Gasteiger partial charge in [-0.2, -0.15) is 0 Å². The van der Waals surface area contributed by atoms with Crippen LogP contribution in [-0.4, -0.2) is 11.1 Å². The average molecular weight is 255 g/mol. The van der Waals surface area contributed by atoms with Crippen LogP contribution in [0.3, 0.4) is 0 Å². The van der Waals surface area contributed by atoms with Gasteiger partial charge in [-0.05, 0) is 46.5 Å². The molecule has 1 aliphatic rings. The average Bonchev–Trinajstić information content (AvgIpc) is 2.34. The molecule has 2 aromatic rings. The summed E-state index contributed by atoms with van der Waals surface area (Å²) in [6.45, 7) is 0. The van der Waals surface area contributed by atoms with Crippen LogP contribution in [0.15, 0.2) is 36.4 Å². The highest BCUT2D eigenvalue weighted by molar-refractivity contribution is 6.31. The number of hydrogen-bond donors (Lipinski definition) is 1. The first-order valence-electron chi connectivity index (χ1n) is 5.34. The van der Waals surface area contributed by atoms with Gasteiger partial charge in [-0.3, -0.25) is 0 Å². The second kappa shape index (κ2) is 3.90. The van der Waals surface area contributed by atoms with E-state index in [0.717, 1.165) is 16.7 Å². The van der Waals surface area contributed by atoms with Crippen LogP contribution in [0.25, 0.3) is 22.3 Å². The second-order valence-electron chi connectivity index (χ2n) is 4.01. The molecule has 0 aliphatic heterocycles. The second-order valence-corrected chi connectivity index (χ2v) is 4.44. The van der Waals surface area contributed by atoms with Crippen LogP contribution < -0.4 is 0 Å². The summed E-state index contributed by atoms with van der Waals surface area (Å²) in [6, 6.07) is 11.4. The zero-order valence-corrected chi connectivity index (χ0v) is 9.95. The SMILES string of the molecule is O=C(O)C#Cc1ccc2c(c1)-c1cc(Cl)ccc1-2. The Morgan fingerprint density at radius 3 is 2.39 bits per heavy atom. The van der Waals surface area contributed by atoms with Gasteiger partial charge in [0, 0.05) is 16.5 Å². The Hall–Kier alpha value is -2.24. The van der Waals surface area contributed by atoms with Crippen LogP contribution in [0.2, 0.25) is 5.02 Å². The monoisotopic (exact) mass is 254 g/mol. The third-order valence-corrected chi connectivity index (χ3v) is 3.13. The van der Waals surface area contributed by atoms with E-state index in [1.165, 1.54) is 5.56 Å². The van der Waals surface area contributed by atoms with Crippen molar-refractivity contribution in [3.05, 3.63) is 47.0 Å². The van der Waals surface area contributed by atoms with E-state index in [0.29, 0.717) is 10.6 Å². The zero-order valence-electron chi connectivity index (χ0n) is 9.20. The van der Waals surface area contributed by atoms with Crippen LogP contribution in [0.4, 0.5) is 0 Å². The van der Waals surface area contributed by atoms with Crippen molar-refractivity contribution in [2.45, 2.75) is 0 Å². The summed E-state index contributed by atoms with van der Waals surface area (Å²) >= 11 is 5.95. The largest absolute Gasteiger partial charge is 0.472 e. The third kappa shape index (κ3) is 1.66. The number of benzene rings is 2. The summed E-state index contributed by atoms with van der Waals surface area (Å²) in [5.74, 6) is 3.59. The van der Waals surface area contributed by atoms with Crippen LogP contribution in [0, 0.1) is 11.8 Å². The van der Waals surface area contributed by atoms with Crippen LogP contribution >= 0.6 is 11.6 Å². The summed E-state index contributed by atoms with van der Waals surface area (Å²) in [6.07, 6.45) is 0. The Morgan fingerprint density at radius 2 is 1.67 bits per heavy atom. The lowest BCUT2D eigenvalue weighted by Gasteiger charge is -2.24. The number of hydrogen-bond acceptors (Lipinski definition) is 1. The highest BCUT2D eigenvalue weighted by atomic mass is 35.5.